The first-order chi connectivity index (χ1) is 8.81. The van der Waals surface area contributed by atoms with Crippen molar-refractivity contribution in [2.45, 2.75) is 12.3 Å². The van der Waals surface area contributed by atoms with Crippen LogP contribution in [-0.4, -0.2) is 18.7 Å². The van der Waals surface area contributed by atoms with E-state index >= 15 is 0 Å². The molecule has 0 heterocycles. The molecule has 2 aromatic rings. The van der Waals surface area contributed by atoms with Crippen LogP contribution in [0.3, 0.4) is 0 Å². The maximum atomic E-state index is 9.37. The quantitative estimate of drug-likeness (QED) is 0.843. The van der Waals surface area contributed by atoms with Crippen LogP contribution in [0.4, 0.5) is 0 Å². The minimum Gasteiger partial charge on any atom is -0.508 e. The van der Waals surface area contributed by atoms with Gasteiger partial charge in [0.1, 0.15) is 5.75 Å². The molecule has 18 heavy (non-hydrogen) atoms. The first-order valence-electron chi connectivity index (χ1n) is 6.29. The molecule has 2 heteroatoms. The van der Waals surface area contributed by atoms with Gasteiger partial charge < -0.3 is 10.4 Å². The molecule has 0 aromatic heterocycles. The first kappa shape index (κ1) is 12.7. The van der Waals surface area contributed by atoms with Crippen molar-refractivity contribution in [3.63, 3.8) is 0 Å². The van der Waals surface area contributed by atoms with Crippen molar-refractivity contribution < 1.29 is 5.11 Å². The Morgan fingerprint density at radius 1 is 0.944 bits per heavy atom. The van der Waals surface area contributed by atoms with E-state index in [4.69, 9.17) is 0 Å². The van der Waals surface area contributed by atoms with Crippen LogP contribution < -0.4 is 5.32 Å². The molecular formula is C16H19NO. The lowest BCUT2D eigenvalue weighted by Gasteiger charge is -2.18. The van der Waals surface area contributed by atoms with Crippen LogP contribution >= 0.6 is 0 Å². The standard InChI is InChI=1S/C16H19NO/c1-17-12-11-16(13-5-3-2-4-6-13)14-7-9-15(18)10-8-14/h2-10,16-18H,11-12H2,1H3. The van der Waals surface area contributed by atoms with Crippen molar-refractivity contribution in [1.29, 1.82) is 0 Å². The van der Waals surface area contributed by atoms with E-state index in [9.17, 15) is 5.11 Å². The predicted molar refractivity (Wildman–Crippen MR) is 74.9 cm³/mol. The Kier molecular flexibility index (Phi) is 4.37. The summed E-state index contributed by atoms with van der Waals surface area (Å²) < 4.78 is 0. The number of benzene rings is 2. The van der Waals surface area contributed by atoms with Gasteiger partial charge in [-0.1, -0.05) is 42.5 Å². The van der Waals surface area contributed by atoms with E-state index in [-0.39, 0.29) is 0 Å². The van der Waals surface area contributed by atoms with Gasteiger partial charge in [-0.25, -0.2) is 0 Å². The molecule has 1 unspecified atom stereocenters. The molecule has 0 amide bonds. The van der Waals surface area contributed by atoms with E-state index in [0.717, 1.165) is 13.0 Å². The highest BCUT2D eigenvalue weighted by atomic mass is 16.3. The monoisotopic (exact) mass is 241 g/mol. The van der Waals surface area contributed by atoms with Crippen molar-refractivity contribution in [3.8, 4) is 5.75 Å². The number of hydrogen-bond acceptors (Lipinski definition) is 2. The maximum absolute atomic E-state index is 9.37. The number of phenols is 1. The second-order valence-electron chi connectivity index (χ2n) is 4.45. The Labute approximate surface area is 108 Å². The van der Waals surface area contributed by atoms with Crippen molar-refractivity contribution in [2.75, 3.05) is 13.6 Å². The first-order valence-corrected chi connectivity index (χ1v) is 6.29. The van der Waals surface area contributed by atoms with Gasteiger partial charge in [-0.05, 0) is 43.3 Å². The van der Waals surface area contributed by atoms with E-state index in [0.29, 0.717) is 11.7 Å². The molecule has 0 saturated carbocycles. The van der Waals surface area contributed by atoms with Crippen molar-refractivity contribution in [3.05, 3.63) is 65.7 Å². The summed E-state index contributed by atoms with van der Waals surface area (Å²) >= 11 is 0. The fourth-order valence-corrected chi connectivity index (χ4v) is 2.21. The van der Waals surface area contributed by atoms with Crippen LogP contribution in [0.1, 0.15) is 23.5 Å². The Balaban J connectivity index is 2.27. The topological polar surface area (TPSA) is 32.3 Å². The number of nitrogens with one attached hydrogen (secondary N) is 1. The fraction of sp³-hybridized carbons (Fsp3) is 0.250. The summed E-state index contributed by atoms with van der Waals surface area (Å²) in [6, 6.07) is 18.0. The van der Waals surface area contributed by atoms with Gasteiger partial charge in [-0.2, -0.15) is 0 Å². The Morgan fingerprint density at radius 2 is 1.56 bits per heavy atom. The molecule has 0 aliphatic rings. The molecule has 2 aromatic carbocycles. The second-order valence-corrected chi connectivity index (χ2v) is 4.45. The molecule has 0 spiro atoms. The van der Waals surface area contributed by atoms with Crippen LogP contribution in [0, 0.1) is 0 Å². The summed E-state index contributed by atoms with van der Waals surface area (Å²) in [7, 11) is 1.97. The third-order valence-corrected chi connectivity index (χ3v) is 3.18. The Morgan fingerprint density at radius 3 is 2.17 bits per heavy atom. The number of rotatable bonds is 5. The lowest BCUT2D eigenvalue weighted by molar-refractivity contribution is 0.475. The van der Waals surface area contributed by atoms with Crippen LogP contribution in [0.5, 0.6) is 5.75 Å². The number of phenolic OH excluding ortho intramolecular Hbond substituents is 1. The highest BCUT2D eigenvalue weighted by Crippen LogP contribution is 2.28. The van der Waals surface area contributed by atoms with E-state index in [1.807, 2.05) is 25.2 Å². The lowest BCUT2D eigenvalue weighted by Crippen LogP contribution is -2.13. The SMILES string of the molecule is CNCCC(c1ccccc1)c1ccc(O)cc1. The number of hydrogen-bond donors (Lipinski definition) is 2. The molecular weight excluding hydrogens is 222 g/mol. The molecule has 0 aliphatic heterocycles. The van der Waals surface area contributed by atoms with E-state index in [1.165, 1.54) is 11.1 Å². The van der Waals surface area contributed by atoms with Crippen LogP contribution in [0.2, 0.25) is 0 Å². The summed E-state index contributed by atoms with van der Waals surface area (Å²) in [6.07, 6.45) is 1.05. The fourth-order valence-electron chi connectivity index (χ4n) is 2.21. The van der Waals surface area contributed by atoms with Gasteiger partial charge in [-0.15, -0.1) is 0 Å². The summed E-state index contributed by atoms with van der Waals surface area (Å²) in [5, 5.41) is 12.6. The predicted octanol–water partition coefficient (Wildman–Crippen LogP) is 3.13. The second kappa shape index (κ2) is 6.22. The van der Waals surface area contributed by atoms with Crippen LogP contribution in [0.25, 0.3) is 0 Å². The third kappa shape index (κ3) is 3.11. The zero-order chi connectivity index (χ0) is 12.8. The smallest absolute Gasteiger partial charge is 0.115 e. The lowest BCUT2D eigenvalue weighted by atomic mass is 9.88. The molecule has 2 N–H and O–H groups in total. The van der Waals surface area contributed by atoms with Gasteiger partial charge in [-0.3, -0.25) is 0 Å². The zero-order valence-corrected chi connectivity index (χ0v) is 10.6. The van der Waals surface area contributed by atoms with Gasteiger partial charge in [0.05, 0.1) is 0 Å². The highest BCUT2D eigenvalue weighted by Gasteiger charge is 2.13. The van der Waals surface area contributed by atoms with Gasteiger partial charge in [0.2, 0.25) is 0 Å². The van der Waals surface area contributed by atoms with Crippen LogP contribution in [-0.2, 0) is 0 Å². The summed E-state index contributed by atoms with van der Waals surface area (Å²) in [5.41, 5.74) is 2.56. The average Bonchev–Trinajstić information content (AvgIpc) is 2.42. The van der Waals surface area contributed by atoms with Crippen molar-refractivity contribution in [2.24, 2.45) is 0 Å². The molecule has 2 nitrogen and oxygen atoms in total. The molecule has 0 aliphatic carbocycles. The van der Waals surface area contributed by atoms with Gasteiger partial charge in [0.15, 0.2) is 0 Å². The molecule has 0 radical (unpaired) electrons. The average molecular weight is 241 g/mol. The van der Waals surface area contributed by atoms with Gasteiger partial charge >= 0.3 is 0 Å². The maximum Gasteiger partial charge on any atom is 0.115 e. The minimum absolute atomic E-state index is 0.319. The van der Waals surface area contributed by atoms with E-state index < -0.39 is 0 Å². The zero-order valence-electron chi connectivity index (χ0n) is 10.6. The highest BCUT2D eigenvalue weighted by molar-refractivity contribution is 5.35. The minimum atomic E-state index is 0.319. The normalized spacial score (nSPS) is 12.3. The Hall–Kier alpha value is -1.80. The van der Waals surface area contributed by atoms with Gasteiger partial charge in [0.25, 0.3) is 0 Å². The molecule has 94 valence electrons. The largest absolute Gasteiger partial charge is 0.508 e. The van der Waals surface area contributed by atoms with E-state index in [2.05, 4.69) is 29.6 Å². The molecule has 0 fully saturated rings. The third-order valence-electron chi connectivity index (χ3n) is 3.18. The summed E-state index contributed by atoms with van der Waals surface area (Å²) in [6.45, 7) is 0.973. The Bertz CT molecular complexity index is 464. The molecule has 0 saturated heterocycles. The molecule has 2 rings (SSSR count). The molecule has 1 atom stereocenters. The summed E-state index contributed by atoms with van der Waals surface area (Å²) in [4.78, 5) is 0. The van der Waals surface area contributed by atoms with Crippen molar-refractivity contribution in [1.82, 2.24) is 5.32 Å². The van der Waals surface area contributed by atoms with Crippen LogP contribution in [0.15, 0.2) is 54.6 Å². The van der Waals surface area contributed by atoms with Crippen molar-refractivity contribution >= 4 is 0 Å². The number of aromatic hydroxyl groups is 1. The van der Waals surface area contributed by atoms with E-state index in [1.54, 1.807) is 12.1 Å². The molecule has 0 bridgehead atoms. The van der Waals surface area contributed by atoms with Gasteiger partial charge in [0, 0.05) is 5.92 Å². The summed E-state index contributed by atoms with van der Waals surface area (Å²) in [5.74, 6) is 0.693.